The number of carbonyl (C=O) groups is 1. The second-order valence-electron chi connectivity index (χ2n) is 4.71. The van der Waals surface area contributed by atoms with E-state index in [0.29, 0.717) is 16.7 Å². The molecule has 1 heterocycles. The van der Waals surface area contributed by atoms with Gasteiger partial charge in [0.05, 0.1) is 24.7 Å². The van der Waals surface area contributed by atoms with Crippen LogP contribution in [0.25, 0.3) is 11.1 Å². The van der Waals surface area contributed by atoms with Crippen LogP contribution in [0.15, 0.2) is 51.7 Å². The molecular formula is C16H12FNO4. The van der Waals surface area contributed by atoms with Crippen LogP contribution in [-0.2, 0) is 11.3 Å². The van der Waals surface area contributed by atoms with Gasteiger partial charge in [-0.15, -0.1) is 0 Å². The Morgan fingerprint density at radius 2 is 2.05 bits per heavy atom. The van der Waals surface area contributed by atoms with Crippen molar-refractivity contribution in [3.63, 3.8) is 0 Å². The molecule has 0 bridgehead atoms. The maximum Gasteiger partial charge on any atom is 0.420 e. The molecule has 0 unspecified atom stereocenters. The van der Waals surface area contributed by atoms with Crippen molar-refractivity contribution < 1.29 is 18.3 Å². The van der Waals surface area contributed by atoms with Gasteiger partial charge in [-0.05, 0) is 29.8 Å². The summed E-state index contributed by atoms with van der Waals surface area (Å²) in [5.74, 6) is -1.75. The average molecular weight is 301 g/mol. The van der Waals surface area contributed by atoms with E-state index in [9.17, 15) is 14.0 Å². The number of hydrogen-bond acceptors (Lipinski definition) is 4. The number of oxazole rings is 1. The molecule has 0 atom stereocenters. The van der Waals surface area contributed by atoms with E-state index in [-0.39, 0.29) is 12.1 Å². The summed E-state index contributed by atoms with van der Waals surface area (Å²) in [4.78, 5) is 23.7. The van der Waals surface area contributed by atoms with E-state index in [1.165, 1.54) is 23.8 Å². The Balaban J connectivity index is 2.11. The van der Waals surface area contributed by atoms with Gasteiger partial charge in [-0.1, -0.05) is 18.2 Å². The maximum atomic E-state index is 13.4. The first-order valence-electron chi connectivity index (χ1n) is 6.55. The van der Waals surface area contributed by atoms with E-state index in [0.717, 1.165) is 6.07 Å². The zero-order valence-corrected chi connectivity index (χ0v) is 11.7. The summed E-state index contributed by atoms with van der Waals surface area (Å²) in [6.07, 6.45) is 0. The summed E-state index contributed by atoms with van der Waals surface area (Å²) in [5, 5.41) is 0. The number of fused-ring (bicyclic) bond motifs is 1. The maximum absolute atomic E-state index is 13.4. The molecule has 22 heavy (non-hydrogen) atoms. The molecule has 0 aliphatic carbocycles. The predicted molar refractivity (Wildman–Crippen MR) is 77.3 cm³/mol. The van der Waals surface area contributed by atoms with Crippen molar-refractivity contribution in [2.75, 3.05) is 7.11 Å². The molecule has 0 N–H and O–H groups in total. The average Bonchev–Trinajstić information content (AvgIpc) is 2.84. The van der Waals surface area contributed by atoms with Crippen molar-refractivity contribution in [3.8, 4) is 0 Å². The van der Waals surface area contributed by atoms with Crippen LogP contribution >= 0.6 is 0 Å². The van der Waals surface area contributed by atoms with Crippen molar-refractivity contribution in [1.82, 2.24) is 4.57 Å². The van der Waals surface area contributed by atoms with Gasteiger partial charge < -0.3 is 9.15 Å². The fourth-order valence-electron chi connectivity index (χ4n) is 2.32. The van der Waals surface area contributed by atoms with Crippen molar-refractivity contribution in [3.05, 3.63) is 70.0 Å². The zero-order chi connectivity index (χ0) is 15.7. The lowest BCUT2D eigenvalue weighted by Crippen LogP contribution is -2.17. The Morgan fingerprint density at radius 1 is 1.27 bits per heavy atom. The lowest BCUT2D eigenvalue weighted by Gasteiger charge is -2.08. The molecule has 2 aromatic carbocycles. The van der Waals surface area contributed by atoms with Crippen LogP contribution in [0.5, 0.6) is 0 Å². The number of methoxy groups -OCH3 is 1. The molecular weight excluding hydrogens is 289 g/mol. The fourth-order valence-corrected chi connectivity index (χ4v) is 2.32. The minimum atomic E-state index is -0.657. The quantitative estimate of drug-likeness (QED) is 0.698. The number of carbonyl (C=O) groups excluding carboxylic acids is 1. The van der Waals surface area contributed by atoms with Crippen LogP contribution in [0.1, 0.15) is 15.9 Å². The summed E-state index contributed by atoms with van der Waals surface area (Å²) in [6, 6.07) is 10.7. The number of aromatic nitrogens is 1. The number of esters is 1. The van der Waals surface area contributed by atoms with E-state index in [2.05, 4.69) is 4.74 Å². The third kappa shape index (κ3) is 2.39. The highest BCUT2D eigenvalue weighted by Gasteiger charge is 2.16. The molecule has 5 nitrogen and oxygen atoms in total. The van der Waals surface area contributed by atoms with Gasteiger partial charge in [0.1, 0.15) is 5.82 Å². The molecule has 0 saturated carbocycles. The van der Waals surface area contributed by atoms with Crippen molar-refractivity contribution in [2.45, 2.75) is 6.54 Å². The predicted octanol–water partition coefficient (Wildman–Crippen LogP) is 2.57. The van der Waals surface area contributed by atoms with Gasteiger partial charge in [-0.2, -0.15) is 0 Å². The lowest BCUT2D eigenvalue weighted by molar-refractivity contribution is 0.0598. The first-order chi connectivity index (χ1) is 10.6. The molecule has 0 aliphatic heterocycles. The number of hydrogen-bond donors (Lipinski definition) is 0. The molecule has 3 rings (SSSR count). The first kappa shape index (κ1) is 14.1. The van der Waals surface area contributed by atoms with Gasteiger partial charge in [-0.25, -0.2) is 14.0 Å². The first-order valence-corrected chi connectivity index (χ1v) is 6.55. The highest BCUT2D eigenvalue weighted by molar-refractivity contribution is 5.91. The molecule has 1 aromatic heterocycles. The number of para-hydroxylation sites is 2. The molecule has 0 radical (unpaired) electrons. The molecule has 0 aliphatic rings. The molecule has 112 valence electrons. The van der Waals surface area contributed by atoms with Crippen LogP contribution < -0.4 is 5.76 Å². The second-order valence-corrected chi connectivity index (χ2v) is 4.71. The zero-order valence-electron chi connectivity index (χ0n) is 11.7. The van der Waals surface area contributed by atoms with Crippen LogP contribution in [0.2, 0.25) is 0 Å². The van der Waals surface area contributed by atoms with Gasteiger partial charge in [-0.3, -0.25) is 4.57 Å². The van der Waals surface area contributed by atoms with Gasteiger partial charge in [0.2, 0.25) is 0 Å². The van der Waals surface area contributed by atoms with Crippen LogP contribution in [0.3, 0.4) is 0 Å². The third-order valence-corrected chi connectivity index (χ3v) is 3.38. The molecule has 6 heteroatoms. The van der Waals surface area contributed by atoms with Crippen molar-refractivity contribution in [2.24, 2.45) is 0 Å². The smallest absolute Gasteiger partial charge is 0.420 e. The number of rotatable bonds is 3. The monoisotopic (exact) mass is 301 g/mol. The van der Waals surface area contributed by atoms with Gasteiger partial charge >= 0.3 is 11.7 Å². The third-order valence-electron chi connectivity index (χ3n) is 3.38. The van der Waals surface area contributed by atoms with E-state index in [1.807, 2.05) is 0 Å². The van der Waals surface area contributed by atoms with Crippen LogP contribution in [0, 0.1) is 5.82 Å². The minimum absolute atomic E-state index is 0.0830. The lowest BCUT2D eigenvalue weighted by atomic mass is 10.1. The summed E-state index contributed by atoms with van der Waals surface area (Å²) >= 11 is 0. The standard InChI is InChI=1S/C16H12FNO4/c1-21-15(19)12-8-11(17)7-6-10(12)9-18-13-4-2-3-5-14(13)22-16(18)20/h2-8H,9H2,1H3. The van der Waals surface area contributed by atoms with Crippen LogP contribution in [-0.4, -0.2) is 17.6 Å². The summed E-state index contributed by atoms with van der Waals surface area (Å²) in [7, 11) is 1.22. The highest BCUT2D eigenvalue weighted by atomic mass is 19.1. The second kappa shape index (κ2) is 5.48. The Morgan fingerprint density at radius 3 is 2.82 bits per heavy atom. The number of ether oxygens (including phenoxy) is 1. The minimum Gasteiger partial charge on any atom is -0.465 e. The summed E-state index contributed by atoms with van der Waals surface area (Å²) in [6.45, 7) is 0.0839. The Bertz CT molecular complexity index is 910. The van der Waals surface area contributed by atoms with E-state index >= 15 is 0 Å². The number of halogens is 1. The molecule has 0 saturated heterocycles. The SMILES string of the molecule is COC(=O)c1cc(F)ccc1Cn1c(=O)oc2ccccc21. The van der Waals surface area contributed by atoms with Gasteiger partial charge in [0.25, 0.3) is 0 Å². The molecule has 0 fully saturated rings. The Kier molecular flexibility index (Phi) is 3.50. The molecule has 3 aromatic rings. The van der Waals surface area contributed by atoms with E-state index in [4.69, 9.17) is 4.42 Å². The van der Waals surface area contributed by atoms with Gasteiger partial charge in [0, 0.05) is 0 Å². The van der Waals surface area contributed by atoms with Crippen LogP contribution in [0.4, 0.5) is 4.39 Å². The largest absolute Gasteiger partial charge is 0.465 e. The molecule has 0 amide bonds. The van der Waals surface area contributed by atoms with Gasteiger partial charge in [0.15, 0.2) is 5.58 Å². The normalized spacial score (nSPS) is 10.8. The number of nitrogens with zero attached hydrogens (tertiary/aromatic N) is 1. The summed E-state index contributed by atoms with van der Waals surface area (Å²) in [5.41, 5.74) is 1.61. The van der Waals surface area contributed by atoms with E-state index in [1.54, 1.807) is 24.3 Å². The summed E-state index contributed by atoms with van der Waals surface area (Å²) < 4.78 is 24.5. The van der Waals surface area contributed by atoms with Crippen molar-refractivity contribution in [1.29, 1.82) is 0 Å². The van der Waals surface area contributed by atoms with E-state index < -0.39 is 17.5 Å². The number of benzene rings is 2. The molecule has 0 spiro atoms. The topological polar surface area (TPSA) is 61.4 Å². The highest BCUT2D eigenvalue weighted by Crippen LogP contribution is 2.17. The Labute approximate surface area is 124 Å². The fraction of sp³-hybridized carbons (Fsp3) is 0.125. The van der Waals surface area contributed by atoms with Crippen molar-refractivity contribution >= 4 is 17.1 Å². The Hall–Kier alpha value is -2.89.